The second kappa shape index (κ2) is 9.09. The van der Waals surface area contributed by atoms with Gasteiger partial charge in [-0.15, -0.1) is 0 Å². The van der Waals surface area contributed by atoms with Crippen LogP contribution in [0, 0.1) is 0 Å². The summed E-state index contributed by atoms with van der Waals surface area (Å²) in [7, 11) is 4.78. The van der Waals surface area contributed by atoms with Gasteiger partial charge in [0.05, 0.1) is 32.6 Å². The maximum atomic E-state index is 12.9. The first-order valence-corrected chi connectivity index (χ1v) is 10.7. The van der Waals surface area contributed by atoms with Crippen molar-refractivity contribution in [3.05, 3.63) is 35.2 Å². The lowest BCUT2D eigenvalue weighted by atomic mass is 9.82. The lowest BCUT2D eigenvalue weighted by molar-refractivity contribution is 0.0962. The molecule has 2 aliphatic rings. The van der Waals surface area contributed by atoms with Crippen LogP contribution in [-0.4, -0.2) is 74.7 Å². The van der Waals surface area contributed by atoms with Gasteiger partial charge in [-0.25, -0.2) is 9.97 Å². The van der Waals surface area contributed by atoms with Crippen molar-refractivity contribution in [2.75, 3.05) is 59.0 Å². The number of piperazine rings is 1. The summed E-state index contributed by atoms with van der Waals surface area (Å²) in [5, 5.41) is 0. The van der Waals surface area contributed by atoms with E-state index in [1.54, 1.807) is 27.5 Å². The molecule has 166 valence electrons. The molecule has 1 atom stereocenters. The van der Waals surface area contributed by atoms with E-state index in [-0.39, 0.29) is 11.7 Å². The van der Waals surface area contributed by atoms with Crippen molar-refractivity contribution in [2.45, 2.75) is 25.7 Å². The van der Waals surface area contributed by atoms with Gasteiger partial charge in [-0.2, -0.15) is 0 Å². The highest BCUT2D eigenvalue weighted by Gasteiger charge is 2.30. The normalized spacial score (nSPS) is 19.2. The van der Waals surface area contributed by atoms with Crippen LogP contribution in [0.15, 0.2) is 18.3 Å². The molecule has 0 N–H and O–H groups in total. The molecule has 1 fully saturated rings. The lowest BCUT2D eigenvalue weighted by Crippen LogP contribution is -2.46. The Labute approximate surface area is 183 Å². The Bertz CT molecular complexity index is 932. The highest BCUT2D eigenvalue weighted by atomic mass is 16.5. The Morgan fingerprint density at radius 3 is 2.26 bits per heavy atom. The molecule has 1 aliphatic heterocycles. The fourth-order valence-electron chi connectivity index (χ4n) is 4.42. The van der Waals surface area contributed by atoms with Gasteiger partial charge in [0.1, 0.15) is 0 Å². The monoisotopic (exact) mass is 426 g/mol. The number of hydrogen-bond acceptors (Lipinski definition) is 8. The van der Waals surface area contributed by atoms with Gasteiger partial charge >= 0.3 is 0 Å². The number of anilines is 1. The molecule has 8 nitrogen and oxygen atoms in total. The number of rotatable bonds is 6. The molecule has 0 saturated carbocycles. The van der Waals surface area contributed by atoms with E-state index in [1.807, 2.05) is 12.1 Å². The van der Waals surface area contributed by atoms with Crippen LogP contribution in [0.25, 0.3) is 0 Å². The van der Waals surface area contributed by atoms with Crippen LogP contribution >= 0.6 is 0 Å². The van der Waals surface area contributed by atoms with Gasteiger partial charge in [0.15, 0.2) is 17.3 Å². The molecule has 0 amide bonds. The Kier molecular flexibility index (Phi) is 6.27. The zero-order valence-corrected chi connectivity index (χ0v) is 18.7. The van der Waals surface area contributed by atoms with E-state index in [0.717, 1.165) is 44.0 Å². The predicted molar refractivity (Wildman–Crippen MR) is 118 cm³/mol. The van der Waals surface area contributed by atoms with Crippen LogP contribution in [0.3, 0.4) is 0 Å². The third-order valence-corrected chi connectivity index (χ3v) is 6.29. The smallest absolute Gasteiger partial charge is 0.225 e. The molecular formula is C23H30N4O4. The Balaban J connectivity index is 1.61. The molecule has 8 heteroatoms. The van der Waals surface area contributed by atoms with E-state index in [0.29, 0.717) is 41.6 Å². The van der Waals surface area contributed by atoms with Crippen LogP contribution in [0.4, 0.5) is 5.95 Å². The van der Waals surface area contributed by atoms with Gasteiger partial charge < -0.3 is 24.0 Å². The number of ketones is 1. The van der Waals surface area contributed by atoms with Gasteiger partial charge in [-0.05, 0) is 36.6 Å². The first kappa shape index (κ1) is 21.4. The number of likely N-dealkylation sites (N-methyl/N-ethyl adjacent to an activating group) is 1. The zero-order valence-electron chi connectivity index (χ0n) is 18.7. The number of nitrogens with zero attached hydrogens (tertiary/aromatic N) is 4. The van der Waals surface area contributed by atoms with Gasteiger partial charge in [-0.1, -0.05) is 6.92 Å². The summed E-state index contributed by atoms with van der Waals surface area (Å²) in [6, 6.07) is 3.85. The standard InChI is InChI=1S/C23H30N4O4/c1-5-26-6-8-27(9-7-26)23-24-14-17-18(25-23)10-15(11-19(17)28)16-12-20(29-2)22(31-4)21(13-16)30-3/h12-15H,5-11H2,1-4H3/t15-/m0/s1. The van der Waals surface area contributed by atoms with Crippen molar-refractivity contribution in [1.82, 2.24) is 14.9 Å². The third-order valence-electron chi connectivity index (χ3n) is 6.29. The quantitative estimate of drug-likeness (QED) is 0.698. The van der Waals surface area contributed by atoms with E-state index in [4.69, 9.17) is 19.2 Å². The topological polar surface area (TPSA) is 77.0 Å². The number of methoxy groups -OCH3 is 3. The summed E-state index contributed by atoms with van der Waals surface area (Å²) in [5.41, 5.74) is 2.43. The van der Waals surface area contributed by atoms with Crippen molar-refractivity contribution in [3.63, 3.8) is 0 Å². The van der Waals surface area contributed by atoms with E-state index < -0.39 is 0 Å². The lowest BCUT2D eigenvalue weighted by Gasteiger charge is -2.34. The third kappa shape index (κ3) is 4.17. The molecule has 2 aromatic rings. The molecule has 0 bridgehead atoms. The molecule has 31 heavy (non-hydrogen) atoms. The van der Waals surface area contributed by atoms with Gasteiger partial charge in [0.2, 0.25) is 11.7 Å². The highest BCUT2D eigenvalue weighted by molar-refractivity contribution is 5.98. The fraction of sp³-hybridized carbons (Fsp3) is 0.522. The number of carbonyl (C=O) groups excluding carboxylic acids is 1. The molecule has 1 aromatic carbocycles. The van der Waals surface area contributed by atoms with E-state index >= 15 is 0 Å². The van der Waals surface area contributed by atoms with E-state index in [2.05, 4.69) is 21.7 Å². The van der Waals surface area contributed by atoms with Crippen LogP contribution in [0.1, 0.15) is 40.9 Å². The molecule has 1 aromatic heterocycles. The second-order valence-corrected chi connectivity index (χ2v) is 7.94. The molecule has 2 heterocycles. The van der Waals surface area contributed by atoms with E-state index in [1.165, 1.54) is 0 Å². The van der Waals surface area contributed by atoms with Crippen LogP contribution in [-0.2, 0) is 6.42 Å². The fourth-order valence-corrected chi connectivity index (χ4v) is 4.42. The van der Waals surface area contributed by atoms with Crippen molar-refractivity contribution < 1.29 is 19.0 Å². The number of benzene rings is 1. The number of carbonyl (C=O) groups is 1. The SMILES string of the molecule is CCN1CCN(c2ncc3c(n2)C[C@H](c2cc(OC)c(OC)c(OC)c2)CC3=O)CC1. The minimum atomic E-state index is -0.00612. The average molecular weight is 427 g/mol. The summed E-state index contributed by atoms with van der Waals surface area (Å²) in [6.07, 6.45) is 2.78. The van der Waals surface area contributed by atoms with Crippen molar-refractivity contribution in [1.29, 1.82) is 0 Å². The van der Waals surface area contributed by atoms with Crippen molar-refractivity contribution in [3.8, 4) is 17.2 Å². The maximum absolute atomic E-state index is 12.9. The van der Waals surface area contributed by atoms with Crippen molar-refractivity contribution in [2.24, 2.45) is 0 Å². The minimum absolute atomic E-state index is 0.00612. The van der Waals surface area contributed by atoms with Gasteiger partial charge in [0.25, 0.3) is 0 Å². The van der Waals surface area contributed by atoms with E-state index in [9.17, 15) is 4.79 Å². The average Bonchev–Trinajstić information content (AvgIpc) is 2.82. The molecule has 0 radical (unpaired) electrons. The second-order valence-electron chi connectivity index (χ2n) is 7.94. The summed E-state index contributed by atoms with van der Waals surface area (Å²) < 4.78 is 16.4. The first-order chi connectivity index (χ1) is 15.1. The van der Waals surface area contributed by atoms with Gasteiger partial charge in [-0.3, -0.25) is 4.79 Å². The van der Waals surface area contributed by atoms with Crippen LogP contribution < -0.4 is 19.1 Å². The number of Topliss-reactive ketones (excluding diaryl/α,β-unsaturated/α-hetero) is 1. The maximum Gasteiger partial charge on any atom is 0.225 e. The Hall–Kier alpha value is -2.87. The molecule has 0 unspecified atom stereocenters. The molecule has 1 saturated heterocycles. The predicted octanol–water partition coefficient (Wildman–Crippen LogP) is 2.56. The summed E-state index contributed by atoms with van der Waals surface area (Å²) >= 11 is 0. The molecule has 1 aliphatic carbocycles. The Morgan fingerprint density at radius 2 is 1.68 bits per heavy atom. The largest absolute Gasteiger partial charge is 0.493 e. The number of hydrogen-bond donors (Lipinski definition) is 0. The number of ether oxygens (including phenoxy) is 3. The summed E-state index contributed by atoms with van der Waals surface area (Å²) in [5.74, 6) is 2.51. The van der Waals surface area contributed by atoms with Gasteiger partial charge in [0, 0.05) is 38.8 Å². The van der Waals surface area contributed by atoms with Crippen LogP contribution in [0.5, 0.6) is 17.2 Å². The minimum Gasteiger partial charge on any atom is -0.493 e. The molecule has 0 spiro atoms. The Morgan fingerprint density at radius 1 is 1.00 bits per heavy atom. The molecule has 4 rings (SSSR count). The first-order valence-electron chi connectivity index (χ1n) is 10.7. The molecular weight excluding hydrogens is 396 g/mol. The summed E-state index contributed by atoms with van der Waals surface area (Å²) in [6.45, 7) is 7.05. The zero-order chi connectivity index (χ0) is 22.0. The van der Waals surface area contributed by atoms with Crippen LogP contribution in [0.2, 0.25) is 0 Å². The van der Waals surface area contributed by atoms with Crippen molar-refractivity contribution >= 4 is 11.7 Å². The number of fused-ring (bicyclic) bond motifs is 1. The highest BCUT2D eigenvalue weighted by Crippen LogP contribution is 2.42. The summed E-state index contributed by atoms with van der Waals surface area (Å²) in [4.78, 5) is 26.8. The number of aromatic nitrogens is 2.